The topological polar surface area (TPSA) is 61.0 Å². The first-order chi connectivity index (χ1) is 5.83. The molecule has 0 saturated heterocycles. The lowest BCUT2D eigenvalue weighted by Gasteiger charge is -2.02. The van der Waals surface area contributed by atoms with Crippen LogP contribution in [0.3, 0.4) is 0 Å². The van der Waals surface area contributed by atoms with Crippen molar-refractivity contribution in [3.63, 3.8) is 0 Å². The Kier molecular flexibility index (Phi) is 3.76. The van der Waals surface area contributed by atoms with Gasteiger partial charge in [0.2, 0.25) is 5.28 Å². The fraction of sp³-hybridized carbons (Fsp3) is 0.429. The molecule has 0 radical (unpaired) electrons. The molecule has 0 unspecified atom stereocenters. The summed E-state index contributed by atoms with van der Waals surface area (Å²) in [5, 5.41) is 0.223. The molecule has 0 aromatic carbocycles. The van der Waals surface area contributed by atoms with E-state index < -0.39 is 0 Å². The van der Waals surface area contributed by atoms with Gasteiger partial charge in [-0.2, -0.15) is 0 Å². The van der Waals surface area contributed by atoms with Crippen molar-refractivity contribution in [3.05, 3.63) is 17.7 Å². The Bertz CT molecular complexity index is 227. The minimum absolute atomic E-state index is 0.223. The number of hydrogen-bond donors (Lipinski definition) is 1. The van der Waals surface area contributed by atoms with Crippen LogP contribution in [-0.2, 0) is 0 Å². The molecule has 0 spiro atoms. The van der Waals surface area contributed by atoms with Gasteiger partial charge < -0.3 is 10.5 Å². The monoisotopic (exact) mass is 187 g/mol. The Labute approximate surface area is 75.7 Å². The van der Waals surface area contributed by atoms with Gasteiger partial charge in [-0.3, -0.25) is 0 Å². The fourth-order valence-electron chi connectivity index (χ4n) is 0.648. The van der Waals surface area contributed by atoms with Crippen LogP contribution >= 0.6 is 11.6 Å². The summed E-state index contributed by atoms with van der Waals surface area (Å²) in [6, 6.07) is 0. The minimum Gasteiger partial charge on any atom is -0.490 e. The first-order valence-corrected chi connectivity index (χ1v) is 4.01. The van der Waals surface area contributed by atoms with Gasteiger partial charge in [-0.05, 0) is 24.6 Å². The highest BCUT2D eigenvalue weighted by Gasteiger charge is 1.94. The highest BCUT2D eigenvalue weighted by Crippen LogP contribution is 2.08. The van der Waals surface area contributed by atoms with Gasteiger partial charge in [0.1, 0.15) is 0 Å². The molecule has 0 bridgehead atoms. The largest absolute Gasteiger partial charge is 0.490 e. The maximum Gasteiger partial charge on any atom is 0.222 e. The van der Waals surface area contributed by atoms with Gasteiger partial charge in [-0.25, -0.2) is 9.97 Å². The van der Waals surface area contributed by atoms with Crippen molar-refractivity contribution in [2.75, 3.05) is 13.2 Å². The summed E-state index contributed by atoms with van der Waals surface area (Å²) >= 11 is 5.48. The van der Waals surface area contributed by atoms with Gasteiger partial charge in [-0.15, -0.1) is 0 Å². The summed E-state index contributed by atoms with van der Waals surface area (Å²) in [7, 11) is 0. The predicted molar refractivity (Wildman–Crippen MR) is 46.2 cm³/mol. The molecule has 66 valence electrons. The quantitative estimate of drug-likeness (QED) is 0.561. The van der Waals surface area contributed by atoms with Crippen molar-refractivity contribution in [1.82, 2.24) is 9.97 Å². The highest BCUT2D eigenvalue weighted by molar-refractivity contribution is 6.28. The van der Waals surface area contributed by atoms with E-state index in [-0.39, 0.29) is 5.28 Å². The molecule has 0 fully saturated rings. The standard InChI is InChI=1S/C7H10ClN3O/c8-7-10-4-6(5-11-7)12-3-1-2-9/h4-5H,1-3,9H2. The zero-order valence-corrected chi connectivity index (χ0v) is 7.29. The molecule has 0 saturated carbocycles. The Balaban J connectivity index is 2.37. The van der Waals surface area contributed by atoms with Crippen LogP contribution in [0, 0.1) is 0 Å². The van der Waals surface area contributed by atoms with E-state index in [1.165, 1.54) is 12.4 Å². The number of rotatable bonds is 4. The smallest absolute Gasteiger partial charge is 0.222 e. The molecule has 2 N–H and O–H groups in total. The van der Waals surface area contributed by atoms with E-state index in [1.54, 1.807) is 0 Å². The van der Waals surface area contributed by atoms with E-state index in [2.05, 4.69) is 9.97 Å². The zero-order chi connectivity index (χ0) is 8.81. The molecule has 0 aliphatic carbocycles. The lowest BCUT2D eigenvalue weighted by atomic mass is 10.5. The predicted octanol–water partition coefficient (Wildman–Crippen LogP) is 0.858. The summed E-state index contributed by atoms with van der Waals surface area (Å²) in [5.41, 5.74) is 5.28. The average Bonchev–Trinajstić information content (AvgIpc) is 2.09. The van der Waals surface area contributed by atoms with Crippen LogP contribution in [0.4, 0.5) is 0 Å². The van der Waals surface area contributed by atoms with Crippen molar-refractivity contribution in [2.45, 2.75) is 6.42 Å². The molecule has 12 heavy (non-hydrogen) atoms. The van der Waals surface area contributed by atoms with Gasteiger partial charge in [-0.1, -0.05) is 0 Å². The SMILES string of the molecule is NCCCOc1cnc(Cl)nc1. The lowest BCUT2D eigenvalue weighted by molar-refractivity contribution is 0.311. The average molecular weight is 188 g/mol. The second-order valence-electron chi connectivity index (χ2n) is 2.18. The third-order valence-corrected chi connectivity index (χ3v) is 1.41. The maximum absolute atomic E-state index is 5.48. The third-order valence-electron chi connectivity index (χ3n) is 1.21. The van der Waals surface area contributed by atoms with Gasteiger partial charge in [0, 0.05) is 0 Å². The summed E-state index contributed by atoms with van der Waals surface area (Å²) < 4.78 is 5.24. The van der Waals surface area contributed by atoms with Crippen LogP contribution in [0.25, 0.3) is 0 Å². The molecular weight excluding hydrogens is 178 g/mol. The lowest BCUT2D eigenvalue weighted by Crippen LogP contribution is -2.06. The number of nitrogens with two attached hydrogens (primary N) is 1. The molecule has 1 aromatic rings. The number of ether oxygens (including phenoxy) is 1. The Morgan fingerprint density at radius 2 is 2.08 bits per heavy atom. The van der Waals surface area contributed by atoms with E-state index >= 15 is 0 Å². The summed E-state index contributed by atoms with van der Waals surface area (Å²) in [6.07, 6.45) is 3.89. The number of hydrogen-bond acceptors (Lipinski definition) is 4. The van der Waals surface area contributed by atoms with E-state index in [0.29, 0.717) is 18.9 Å². The van der Waals surface area contributed by atoms with Gasteiger partial charge in [0.05, 0.1) is 19.0 Å². The van der Waals surface area contributed by atoms with Crippen molar-refractivity contribution >= 4 is 11.6 Å². The summed E-state index contributed by atoms with van der Waals surface area (Å²) in [6.45, 7) is 1.20. The van der Waals surface area contributed by atoms with E-state index in [0.717, 1.165) is 6.42 Å². The number of nitrogens with zero attached hydrogens (tertiary/aromatic N) is 2. The Morgan fingerprint density at radius 3 is 2.67 bits per heavy atom. The maximum atomic E-state index is 5.48. The molecule has 1 heterocycles. The molecule has 1 rings (SSSR count). The number of aromatic nitrogens is 2. The summed E-state index contributed by atoms with van der Waals surface area (Å²) in [5.74, 6) is 0.618. The van der Waals surface area contributed by atoms with Crippen LogP contribution in [0.15, 0.2) is 12.4 Å². The second-order valence-corrected chi connectivity index (χ2v) is 2.52. The van der Waals surface area contributed by atoms with Gasteiger partial charge >= 0.3 is 0 Å². The van der Waals surface area contributed by atoms with E-state index in [4.69, 9.17) is 22.1 Å². The Hall–Kier alpha value is -0.870. The molecule has 5 heteroatoms. The van der Waals surface area contributed by atoms with Crippen LogP contribution < -0.4 is 10.5 Å². The van der Waals surface area contributed by atoms with Crippen molar-refractivity contribution in [3.8, 4) is 5.75 Å². The molecule has 0 aliphatic rings. The number of halogens is 1. The van der Waals surface area contributed by atoms with Gasteiger partial charge in [0.15, 0.2) is 5.75 Å². The Morgan fingerprint density at radius 1 is 1.42 bits per heavy atom. The molecule has 0 atom stereocenters. The molecule has 1 aromatic heterocycles. The van der Waals surface area contributed by atoms with E-state index in [1.807, 2.05) is 0 Å². The first-order valence-electron chi connectivity index (χ1n) is 3.63. The highest BCUT2D eigenvalue weighted by atomic mass is 35.5. The molecule has 0 aliphatic heterocycles. The van der Waals surface area contributed by atoms with Gasteiger partial charge in [0.25, 0.3) is 0 Å². The van der Waals surface area contributed by atoms with Crippen LogP contribution in [-0.4, -0.2) is 23.1 Å². The molecular formula is C7H10ClN3O. The fourth-order valence-corrected chi connectivity index (χ4v) is 0.746. The third kappa shape index (κ3) is 3.02. The normalized spacial score (nSPS) is 9.83. The first kappa shape index (κ1) is 9.22. The van der Waals surface area contributed by atoms with Crippen molar-refractivity contribution in [2.24, 2.45) is 5.73 Å². The van der Waals surface area contributed by atoms with Crippen molar-refractivity contribution in [1.29, 1.82) is 0 Å². The van der Waals surface area contributed by atoms with Crippen molar-refractivity contribution < 1.29 is 4.74 Å². The van der Waals surface area contributed by atoms with E-state index in [9.17, 15) is 0 Å². The molecule has 0 amide bonds. The zero-order valence-electron chi connectivity index (χ0n) is 6.53. The molecule has 4 nitrogen and oxygen atoms in total. The minimum atomic E-state index is 0.223. The second kappa shape index (κ2) is 4.90. The van der Waals surface area contributed by atoms with Crippen LogP contribution in [0.2, 0.25) is 5.28 Å². The summed E-state index contributed by atoms with van der Waals surface area (Å²) in [4.78, 5) is 7.51. The van der Waals surface area contributed by atoms with Crippen LogP contribution in [0.1, 0.15) is 6.42 Å². The van der Waals surface area contributed by atoms with Crippen LogP contribution in [0.5, 0.6) is 5.75 Å².